The summed E-state index contributed by atoms with van der Waals surface area (Å²) >= 11 is 6.98. The van der Waals surface area contributed by atoms with E-state index >= 15 is 0 Å². The van der Waals surface area contributed by atoms with E-state index in [1.54, 1.807) is 25.5 Å². The number of nitro benzene ring substituents is 1. The predicted molar refractivity (Wildman–Crippen MR) is 158 cm³/mol. The van der Waals surface area contributed by atoms with Crippen LogP contribution in [0, 0.1) is 10.1 Å². The Bertz CT molecular complexity index is 1250. The van der Waals surface area contributed by atoms with Gasteiger partial charge in [-0.05, 0) is 53.0 Å². The van der Waals surface area contributed by atoms with Crippen LogP contribution in [-0.4, -0.2) is 46.3 Å². The van der Waals surface area contributed by atoms with Crippen molar-refractivity contribution in [2.75, 3.05) is 35.8 Å². The molecule has 13 heteroatoms. The molecule has 0 aliphatic rings. The maximum atomic E-state index is 11.0. The van der Waals surface area contributed by atoms with Crippen molar-refractivity contribution in [2.24, 2.45) is 5.10 Å². The zero-order valence-electron chi connectivity index (χ0n) is 21.4. The van der Waals surface area contributed by atoms with Crippen molar-refractivity contribution in [3.05, 3.63) is 61.0 Å². The minimum atomic E-state index is -0.441. The quantitative estimate of drug-likeness (QED) is 0.109. The van der Waals surface area contributed by atoms with E-state index in [4.69, 9.17) is 4.74 Å². The number of benzene rings is 2. The van der Waals surface area contributed by atoms with E-state index in [-0.39, 0.29) is 11.6 Å². The van der Waals surface area contributed by atoms with Gasteiger partial charge in [0.1, 0.15) is 5.75 Å². The van der Waals surface area contributed by atoms with Crippen molar-refractivity contribution in [1.29, 1.82) is 0 Å². The molecule has 2 N–H and O–H groups in total. The van der Waals surface area contributed by atoms with Gasteiger partial charge in [-0.1, -0.05) is 42.6 Å². The standard InChI is InChI=1S/C25H30Br2N8O3/c1-4-6-12-34(13-7-5-2)25-31-23(29-19-8-10-20(11-9-19)35(36)37)30-24(32-25)33-28-16-17-14-18(26)15-21(27)22(17)38-3/h8-11,14-16H,4-7,12-13H2,1-3H3,(H2,29,30,31,32,33)/b28-16-. The van der Waals surface area contributed by atoms with Gasteiger partial charge in [-0.2, -0.15) is 20.1 Å². The number of methoxy groups -OCH3 is 1. The average molecular weight is 650 g/mol. The largest absolute Gasteiger partial charge is 0.495 e. The molecule has 38 heavy (non-hydrogen) atoms. The summed E-state index contributed by atoms with van der Waals surface area (Å²) in [7, 11) is 1.59. The number of hydrogen-bond acceptors (Lipinski definition) is 10. The van der Waals surface area contributed by atoms with Crippen molar-refractivity contribution in [2.45, 2.75) is 39.5 Å². The molecule has 0 saturated carbocycles. The third-order valence-electron chi connectivity index (χ3n) is 5.41. The van der Waals surface area contributed by atoms with Crippen LogP contribution in [0.25, 0.3) is 0 Å². The first-order chi connectivity index (χ1) is 18.3. The van der Waals surface area contributed by atoms with Crippen LogP contribution in [0.2, 0.25) is 0 Å². The molecular formula is C25H30Br2N8O3. The van der Waals surface area contributed by atoms with E-state index in [0.29, 0.717) is 23.3 Å². The normalized spacial score (nSPS) is 11.0. The Morgan fingerprint density at radius 3 is 2.32 bits per heavy atom. The first kappa shape index (κ1) is 29.2. The summed E-state index contributed by atoms with van der Waals surface area (Å²) in [6.07, 6.45) is 5.70. The summed E-state index contributed by atoms with van der Waals surface area (Å²) < 4.78 is 7.14. The third kappa shape index (κ3) is 8.35. The Labute approximate surface area is 238 Å². The monoisotopic (exact) mass is 648 g/mol. The van der Waals surface area contributed by atoms with Gasteiger partial charge in [0.05, 0.1) is 22.7 Å². The predicted octanol–water partition coefficient (Wildman–Crippen LogP) is 6.91. The molecule has 202 valence electrons. The highest BCUT2D eigenvalue weighted by atomic mass is 79.9. The van der Waals surface area contributed by atoms with Gasteiger partial charge in [0, 0.05) is 40.9 Å². The number of halogens is 2. The highest BCUT2D eigenvalue weighted by molar-refractivity contribution is 9.11. The summed E-state index contributed by atoms with van der Waals surface area (Å²) in [4.78, 5) is 26.4. The topological polar surface area (TPSA) is 131 Å². The lowest BCUT2D eigenvalue weighted by molar-refractivity contribution is -0.384. The van der Waals surface area contributed by atoms with Gasteiger partial charge in [-0.15, -0.1) is 0 Å². The molecule has 2 aromatic carbocycles. The second kappa shape index (κ2) is 14.6. The SMILES string of the molecule is CCCCN(CCCC)c1nc(N/N=C\c2cc(Br)cc(Br)c2OC)nc(Nc2ccc([N+](=O)[O-])cc2)n1. The molecule has 0 radical (unpaired) electrons. The van der Waals surface area contributed by atoms with Crippen molar-refractivity contribution in [3.63, 3.8) is 0 Å². The molecule has 0 saturated heterocycles. The van der Waals surface area contributed by atoms with Crippen LogP contribution in [0.4, 0.5) is 29.2 Å². The number of nitrogens with zero attached hydrogens (tertiary/aromatic N) is 6. The third-order valence-corrected chi connectivity index (χ3v) is 6.46. The van der Waals surface area contributed by atoms with Crippen LogP contribution < -0.4 is 20.4 Å². The summed E-state index contributed by atoms with van der Waals surface area (Å²) in [5.74, 6) is 1.71. The molecular weight excluding hydrogens is 620 g/mol. The summed E-state index contributed by atoms with van der Waals surface area (Å²) in [6.45, 7) is 5.90. The average Bonchev–Trinajstić information content (AvgIpc) is 2.89. The molecule has 0 aliphatic heterocycles. The Kier molecular flexibility index (Phi) is 11.2. The van der Waals surface area contributed by atoms with E-state index in [9.17, 15) is 10.1 Å². The van der Waals surface area contributed by atoms with Crippen LogP contribution in [0.15, 0.2) is 50.4 Å². The van der Waals surface area contributed by atoms with Crippen molar-refractivity contribution in [1.82, 2.24) is 15.0 Å². The molecule has 0 aliphatic carbocycles. The van der Waals surface area contributed by atoms with Crippen molar-refractivity contribution in [3.8, 4) is 5.75 Å². The minimum absolute atomic E-state index is 0.00324. The van der Waals surface area contributed by atoms with Crippen LogP contribution in [-0.2, 0) is 0 Å². The lowest BCUT2D eigenvalue weighted by Gasteiger charge is -2.23. The Morgan fingerprint density at radius 2 is 1.71 bits per heavy atom. The zero-order chi connectivity index (χ0) is 27.5. The number of ether oxygens (including phenoxy) is 1. The van der Waals surface area contributed by atoms with E-state index in [1.807, 2.05) is 12.1 Å². The minimum Gasteiger partial charge on any atom is -0.495 e. The van der Waals surface area contributed by atoms with Gasteiger partial charge in [0.2, 0.25) is 17.8 Å². The Morgan fingerprint density at radius 1 is 1.05 bits per heavy atom. The molecule has 0 fully saturated rings. The van der Waals surface area contributed by atoms with Gasteiger partial charge in [0.25, 0.3) is 5.69 Å². The molecule has 0 spiro atoms. The first-order valence-electron chi connectivity index (χ1n) is 12.2. The number of unbranched alkanes of at least 4 members (excludes halogenated alkanes) is 2. The van der Waals surface area contributed by atoms with Gasteiger partial charge >= 0.3 is 0 Å². The van der Waals surface area contributed by atoms with E-state index in [2.05, 4.69) is 81.4 Å². The number of aromatic nitrogens is 3. The molecule has 0 atom stereocenters. The molecule has 11 nitrogen and oxygen atoms in total. The zero-order valence-corrected chi connectivity index (χ0v) is 24.6. The number of anilines is 4. The Balaban J connectivity index is 1.93. The fourth-order valence-electron chi connectivity index (χ4n) is 3.47. The Hall–Kier alpha value is -3.32. The molecule has 1 heterocycles. The van der Waals surface area contributed by atoms with Crippen LogP contribution in [0.3, 0.4) is 0 Å². The molecule has 0 bridgehead atoms. The van der Waals surface area contributed by atoms with Gasteiger partial charge < -0.3 is 15.0 Å². The lowest BCUT2D eigenvalue weighted by atomic mass is 10.2. The molecule has 3 rings (SSSR count). The van der Waals surface area contributed by atoms with Crippen molar-refractivity contribution < 1.29 is 9.66 Å². The highest BCUT2D eigenvalue weighted by Gasteiger charge is 2.14. The van der Waals surface area contributed by atoms with Crippen molar-refractivity contribution >= 4 is 67.3 Å². The lowest BCUT2D eigenvalue weighted by Crippen LogP contribution is -2.28. The molecule has 0 amide bonds. The number of non-ortho nitro benzene ring substituents is 1. The number of nitro groups is 1. The van der Waals surface area contributed by atoms with Gasteiger partial charge in [-0.3, -0.25) is 10.1 Å². The maximum Gasteiger partial charge on any atom is 0.269 e. The number of hydrogen-bond donors (Lipinski definition) is 2. The summed E-state index contributed by atoms with van der Waals surface area (Å²) in [5.41, 5.74) is 4.26. The fourth-order valence-corrected chi connectivity index (χ4v) is 4.89. The van der Waals surface area contributed by atoms with E-state index in [1.165, 1.54) is 12.1 Å². The van der Waals surface area contributed by atoms with Gasteiger partial charge in [-0.25, -0.2) is 5.43 Å². The van der Waals surface area contributed by atoms with E-state index < -0.39 is 4.92 Å². The molecule has 0 unspecified atom stereocenters. The fraction of sp³-hybridized carbons (Fsp3) is 0.360. The first-order valence-corrected chi connectivity index (χ1v) is 13.8. The van der Waals surface area contributed by atoms with Crippen LogP contribution in [0.5, 0.6) is 5.75 Å². The second-order valence-electron chi connectivity index (χ2n) is 8.29. The van der Waals surface area contributed by atoms with Crippen LogP contribution >= 0.6 is 31.9 Å². The summed E-state index contributed by atoms with van der Waals surface area (Å²) in [6, 6.07) is 9.83. The van der Waals surface area contributed by atoms with Gasteiger partial charge in [0.15, 0.2) is 0 Å². The highest BCUT2D eigenvalue weighted by Crippen LogP contribution is 2.31. The smallest absolute Gasteiger partial charge is 0.269 e. The maximum absolute atomic E-state index is 11.0. The summed E-state index contributed by atoms with van der Waals surface area (Å²) in [5, 5.41) is 18.5. The number of hydrazone groups is 1. The molecule has 3 aromatic rings. The number of rotatable bonds is 14. The van der Waals surface area contributed by atoms with E-state index in [0.717, 1.165) is 53.3 Å². The van der Waals surface area contributed by atoms with Crippen LogP contribution in [0.1, 0.15) is 45.1 Å². The second-order valence-corrected chi connectivity index (χ2v) is 10.1. The molecule has 1 aromatic heterocycles. The number of nitrogens with one attached hydrogen (secondary N) is 2.